The van der Waals surface area contributed by atoms with E-state index in [4.69, 9.17) is 19.3 Å². The fourth-order valence-corrected chi connectivity index (χ4v) is 4.90. The Balaban J connectivity index is 4.00. The Hall–Kier alpha value is -0.430. The Morgan fingerprint density at radius 2 is 2.04 bits per heavy atom. The molecule has 0 spiro atoms. The molecule has 0 aromatic heterocycles. The van der Waals surface area contributed by atoms with Crippen molar-refractivity contribution in [2.24, 2.45) is 0 Å². The van der Waals surface area contributed by atoms with Crippen LogP contribution in [0.4, 0.5) is 0 Å². The lowest BCUT2D eigenvalue weighted by Gasteiger charge is -2.46. The number of hydrogen-bond donors (Lipinski definition) is 2. The zero-order chi connectivity index (χ0) is 18.1. The maximum atomic E-state index is 10.9. The van der Waals surface area contributed by atoms with E-state index in [2.05, 4.69) is 32.9 Å². The average molecular weight is 369 g/mol. The monoisotopic (exact) mass is 368 g/mol. The normalized spacial score (nSPS) is 15.7. The molecule has 0 saturated carbocycles. The zero-order valence-corrected chi connectivity index (χ0v) is 16.6. The molecule has 0 amide bonds. The maximum absolute atomic E-state index is 10.9. The number of thiol groups is 1. The third kappa shape index (κ3) is 9.45. The number of aliphatic hydroxyl groups excluding tert-OH is 1. The summed E-state index contributed by atoms with van der Waals surface area (Å²) in [6, 6.07) is 0. The first-order valence-corrected chi connectivity index (χ1v) is 11.8. The minimum atomic E-state index is -0.989. The van der Waals surface area contributed by atoms with Crippen molar-refractivity contribution in [2.45, 2.75) is 31.3 Å². The Morgan fingerprint density at radius 1 is 1.43 bits per heavy atom. The van der Waals surface area contributed by atoms with Gasteiger partial charge in [0.1, 0.15) is 17.6 Å². The van der Waals surface area contributed by atoms with Crippen LogP contribution in [0.5, 0.6) is 0 Å². The van der Waals surface area contributed by atoms with Gasteiger partial charge in [0.25, 0.3) is 0 Å². The van der Waals surface area contributed by atoms with Gasteiger partial charge in [-0.15, -0.1) is 5.69 Å². The second-order valence-electron chi connectivity index (χ2n) is 6.20. The van der Waals surface area contributed by atoms with Crippen molar-refractivity contribution < 1.29 is 23.6 Å². The first-order chi connectivity index (χ1) is 10.5. The van der Waals surface area contributed by atoms with Crippen LogP contribution in [0, 0.1) is 5.69 Å². The van der Waals surface area contributed by atoms with Crippen molar-refractivity contribution in [3.63, 3.8) is 0 Å². The number of rotatable bonds is 11. The highest BCUT2D eigenvalue weighted by molar-refractivity contribution is 8.33. The van der Waals surface area contributed by atoms with Crippen LogP contribution in [0.3, 0.4) is 0 Å². The summed E-state index contributed by atoms with van der Waals surface area (Å²) in [5, 5.41) is 9.62. The van der Waals surface area contributed by atoms with Gasteiger partial charge in [-0.2, -0.15) is 0 Å². The summed E-state index contributed by atoms with van der Waals surface area (Å²) in [5.74, 6) is 0.442. The van der Waals surface area contributed by atoms with Gasteiger partial charge in [0.15, 0.2) is 0 Å². The van der Waals surface area contributed by atoms with Crippen LogP contribution in [0.15, 0.2) is 12.7 Å². The van der Waals surface area contributed by atoms with E-state index in [-0.39, 0.29) is 18.1 Å². The molecule has 7 heteroatoms. The molecule has 138 valence electrons. The molecule has 0 fully saturated rings. The first-order valence-electron chi connectivity index (χ1n) is 7.45. The SMILES string of the molecule is C#[SH](C)OC(C)(C)S(C)(C)CCCOCC(O)COC(=O)C=C. The first kappa shape index (κ1) is 22.6. The highest BCUT2D eigenvalue weighted by atomic mass is 32.3. The van der Waals surface area contributed by atoms with Gasteiger partial charge in [0, 0.05) is 12.7 Å². The summed E-state index contributed by atoms with van der Waals surface area (Å²) in [6.07, 6.45) is 7.48. The van der Waals surface area contributed by atoms with Crippen molar-refractivity contribution in [1.82, 2.24) is 0 Å². The molecule has 0 aliphatic rings. The predicted molar refractivity (Wildman–Crippen MR) is 102 cm³/mol. The molecule has 0 saturated heterocycles. The van der Waals surface area contributed by atoms with Crippen molar-refractivity contribution in [1.29, 1.82) is 0 Å². The fourth-order valence-electron chi connectivity index (χ4n) is 1.72. The van der Waals surface area contributed by atoms with E-state index < -0.39 is 32.7 Å². The summed E-state index contributed by atoms with van der Waals surface area (Å²) >= 11 is 0. The third-order valence-electron chi connectivity index (χ3n) is 3.53. The molecular formula is C16H32O5S2. The molecule has 0 bridgehead atoms. The summed E-state index contributed by atoms with van der Waals surface area (Å²) < 4.78 is 16.1. The van der Waals surface area contributed by atoms with E-state index >= 15 is 0 Å². The fraction of sp³-hybridized carbons (Fsp3) is 0.750. The summed E-state index contributed by atoms with van der Waals surface area (Å²) in [6.45, 7) is 8.07. The van der Waals surface area contributed by atoms with Crippen LogP contribution >= 0.6 is 20.6 Å². The lowest BCUT2D eigenvalue weighted by atomic mass is 10.4. The molecule has 1 N–H and O–H groups in total. The maximum Gasteiger partial charge on any atom is 0.330 e. The minimum Gasteiger partial charge on any atom is -0.460 e. The Kier molecular flexibility index (Phi) is 10.2. The molecule has 5 nitrogen and oxygen atoms in total. The van der Waals surface area contributed by atoms with E-state index in [1.54, 1.807) is 0 Å². The van der Waals surface area contributed by atoms with Gasteiger partial charge in [-0.25, -0.2) is 14.8 Å². The smallest absolute Gasteiger partial charge is 0.330 e. The van der Waals surface area contributed by atoms with Crippen LogP contribution in [0.1, 0.15) is 20.3 Å². The zero-order valence-electron chi connectivity index (χ0n) is 14.9. The highest BCUT2D eigenvalue weighted by Crippen LogP contribution is 2.55. The predicted octanol–water partition coefficient (Wildman–Crippen LogP) is 2.44. The van der Waals surface area contributed by atoms with Crippen LogP contribution in [-0.4, -0.2) is 66.5 Å². The molecule has 2 atom stereocenters. The lowest BCUT2D eigenvalue weighted by molar-refractivity contribution is -0.141. The van der Waals surface area contributed by atoms with Crippen LogP contribution in [-0.2, 0) is 18.5 Å². The number of carbonyl (C=O) groups excluding carboxylic acids is 1. The van der Waals surface area contributed by atoms with Crippen molar-refractivity contribution in [3.8, 4) is 5.69 Å². The molecule has 0 aliphatic heterocycles. The largest absolute Gasteiger partial charge is 0.460 e. The second-order valence-corrected chi connectivity index (χ2v) is 11.9. The summed E-state index contributed by atoms with van der Waals surface area (Å²) in [4.78, 5) is 10.6. The van der Waals surface area contributed by atoms with Crippen molar-refractivity contribution in [2.75, 3.05) is 44.3 Å². The van der Waals surface area contributed by atoms with Gasteiger partial charge < -0.3 is 18.8 Å². The third-order valence-corrected chi connectivity index (χ3v) is 8.45. The van der Waals surface area contributed by atoms with E-state index in [9.17, 15) is 9.90 Å². The van der Waals surface area contributed by atoms with Crippen molar-refractivity contribution >= 4 is 26.6 Å². The van der Waals surface area contributed by atoms with Crippen molar-refractivity contribution in [3.05, 3.63) is 12.7 Å². The van der Waals surface area contributed by atoms with E-state index in [1.807, 2.05) is 6.26 Å². The number of hydrogen-bond acceptors (Lipinski definition) is 5. The molecule has 2 unspecified atom stereocenters. The molecular weight excluding hydrogens is 336 g/mol. The molecule has 23 heavy (non-hydrogen) atoms. The van der Waals surface area contributed by atoms with Gasteiger partial charge in [-0.05, 0) is 44.8 Å². The van der Waals surface area contributed by atoms with Crippen LogP contribution in [0.25, 0.3) is 0 Å². The second kappa shape index (κ2) is 10.4. The van der Waals surface area contributed by atoms with Crippen LogP contribution in [0.2, 0.25) is 0 Å². The van der Waals surface area contributed by atoms with Gasteiger partial charge >= 0.3 is 5.97 Å². The molecule has 0 aliphatic carbocycles. The summed E-state index contributed by atoms with van der Waals surface area (Å²) in [5.41, 5.74) is 5.81. The van der Waals surface area contributed by atoms with Gasteiger partial charge in [-0.1, -0.05) is 17.2 Å². The standard InChI is InChI=1S/C16H32O5S2/c1-8-15(18)20-13-14(17)12-19-10-9-11-23(6,7)16(2,3)21-22(4)5/h4,8,14,17,22H,1,9-13H2,2-3,5-7H3. The average Bonchev–Trinajstić information content (AvgIpc) is 2.42. The number of esters is 1. The quantitative estimate of drug-likeness (QED) is 0.254. The van der Waals surface area contributed by atoms with Crippen LogP contribution < -0.4 is 0 Å². The Bertz CT molecular complexity index is 451. The molecule has 0 aromatic rings. The van der Waals surface area contributed by atoms with Gasteiger partial charge in [0.05, 0.1) is 6.61 Å². The Labute approximate surface area is 144 Å². The molecule has 0 heterocycles. The van der Waals surface area contributed by atoms with Gasteiger partial charge in [0.2, 0.25) is 0 Å². The topological polar surface area (TPSA) is 65.0 Å². The Morgan fingerprint density at radius 3 is 2.57 bits per heavy atom. The lowest BCUT2D eigenvalue weighted by Crippen LogP contribution is -2.31. The number of aliphatic hydroxyl groups is 1. The number of carbonyl (C=O) groups is 1. The number of ether oxygens (including phenoxy) is 2. The van der Waals surface area contributed by atoms with E-state index in [0.29, 0.717) is 6.61 Å². The van der Waals surface area contributed by atoms with Gasteiger partial charge in [-0.3, -0.25) is 0 Å². The molecule has 0 rings (SSSR count). The highest BCUT2D eigenvalue weighted by Gasteiger charge is 2.33. The minimum absolute atomic E-state index is 0.0843. The van der Waals surface area contributed by atoms with E-state index in [0.717, 1.165) is 18.2 Å². The summed E-state index contributed by atoms with van der Waals surface area (Å²) in [7, 11) is -1.88. The molecule has 0 aromatic carbocycles. The van der Waals surface area contributed by atoms with E-state index in [1.165, 1.54) is 0 Å². The molecule has 0 radical (unpaired) electrons.